The number of hydrogen-bond donors (Lipinski definition) is 2. The number of rotatable bonds is 5. The highest BCUT2D eigenvalue weighted by molar-refractivity contribution is 6.30. The molecule has 0 aromatic heterocycles. The van der Waals surface area contributed by atoms with Crippen LogP contribution in [0.2, 0.25) is 5.02 Å². The smallest absolute Gasteiger partial charge is 0.277 e. The highest BCUT2D eigenvalue weighted by atomic mass is 35.5. The average molecular weight is 291 g/mol. The zero-order chi connectivity index (χ0) is 14.7. The van der Waals surface area contributed by atoms with Gasteiger partial charge in [-0.15, -0.1) is 0 Å². The number of nitrogens with two attached hydrogens (primary N) is 1. The molecule has 0 fully saturated rings. The highest BCUT2D eigenvalue weighted by Crippen LogP contribution is 2.26. The summed E-state index contributed by atoms with van der Waals surface area (Å²) in [5.41, 5.74) is 4.63. The lowest BCUT2D eigenvalue weighted by Gasteiger charge is -2.25. The van der Waals surface area contributed by atoms with E-state index in [-0.39, 0.29) is 0 Å². The molecule has 19 heavy (non-hydrogen) atoms. The summed E-state index contributed by atoms with van der Waals surface area (Å²) in [6.45, 7) is 1.72. The Morgan fingerprint density at radius 2 is 2.05 bits per heavy atom. The standard InChI is InChI=1S/C13H17ClF2N2O/c1-12(2,9-4-3-5-10(14)6-9)11(19)18-8-13(15,16)7-17/h3-6H,7-8,17H2,1-2H3,(H,18,19). The molecule has 0 aliphatic heterocycles. The van der Waals surface area contributed by atoms with Gasteiger partial charge in [0.1, 0.15) is 0 Å². The van der Waals surface area contributed by atoms with Crippen LogP contribution in [0.25, 0.3) is 0 Å². The van der Waals surface area contributed by atoms with Gasteiger partial charge in [0.15, 0.2) is 0 Å². The molecule has 0 atom stereocenters. The fourth-order valence-electron chi connectivity index (χ4n) is 1.51. The van der Waals surface area contributed by atoms with E-state index in [0.717, 1.165) is 0 Å². The summed E-state index contributed by atoms with van der Waals surface area (Å²) in [6.07, 6.45) is 0. The lowest BCUT2D eigenvalue weighted by molar-refractivity contribution is -0.127. The molecule has 1 aromatic carbocycles. The second-order valence-corrected chi connectivity index (χ2v) is 5.31. The molecule has 3 nitrogen and oxygen atoms in total. The Labute approximate surface area is 116 Å². The Morgan fingerprint density at radius 1 is 1.42 bits per heavy atom. The summed E-state index contributed by atoms with van der Waals surface area (Å²) in [6, 6.07) is 6.76. The lowest BCUT2D eigenvalue weighted by atomic mass is 9.83. The lowest BCUT2D eigenvalue weighted by Crippen LogP contribution is -2.47. The van der Waals surface area contributed by atoms with E-state index in [0.29, 0.717) is 10.6 Å². The molecule has 1 amide bonds. The van der Waals surface area contributed by atoms with Gasteiger partial charge in [-0.05, 0) is 31.5 Å². The van der Waals surface area contributed by atoms with E-state index in [1.807, 2.05) is 0 Å². The first-order valence-corrected chi connectivity index (χ1v) is 6.19. The maximum absolute atomic E-state index is 13.0. The van der Waals surface area contributed by atoms with Gasteiger partial charge in [0.05, 0.1) is 18.5 Å². The molecule has 0 saturated carbocycles. The molecule has 0 aliphatic carbocycles. The summed E-state index contributed by atoms with van der Waals surface area (Å²) in [5, 5.41) is 2.71. The summed E-state index contributed by atoms with van der Waals surface area (Å²) in [5.74, 6) is -3.59. The van der Waals surface area contributed by atoms with Crippen LogP contribution < -0.4 is 11.1 Å². The van der Waals surface area contributed by atoms with Crippen molar-refractivity contribution in [3.05, 3.63) is 34.9 Å². The van der Waals surface area contributed by atoms with Crippen LogP contribution in [0.1, 0.15) is 19.4 Å². The minimum absolute atomic E-state index is 0.491. The number of carbonyl (C=O) groups is 1. The van der Waals surface area contributed by atoms with Crippen molar-refractivity contribution < 1.29 is 13.6 Å². The van der Waals surface area contributed by atoms with E-state index in [1.165, 1.54) is 0 Å². The third-order valence-corrected chi connectivity index (χ3v) is 3.16. The van der Waals surface area contributed by atoms with Gasteiger partial charge in [-0.25, -0.2) is 8.78 Å². The van der Waals surface area contributed by atoms with Crippen molar-refractivity contribution in [1.82, 2.24) is 5.32 Å². The van der Waals surface area contributed by atoms with E-state index in [9.17, 15) is 13.6 Å². The molecule has 3 N–H and O–H groups in total. The molecule has 0 unspecified atom stereocenters. The van der Waals surface area contributed by atoms with Crippen molar-refractivity contribution in [3.8, 4) is 0 Å². The van der Waals surface area contributed by atoms with Crippen molar-refractivity contribution in [2.75, 3.05) is 13.1 Å². The maximum Gasteiger partial charge on any atom is 0.277 e. The molecule has 1 aromatic rings. The number of carbonyl (C=O) groups excluding carboxylic acids is 1. The molecule has 0 aliphatic rings. The van der Waals surface area contributed by atoms with Gasteiger partial charge in [0, 0.05) is 5.02 Å². The predicted octanol–water partition coefficient (Wildman–Crippen LogP) is 2.33. The summed E-state index contributed by atoms with van der Waals surface area (Å²) < 4.78 is 26.0. The van der Waals surface area contributed by atoms with Gasteiger partial charge < -0.3 is 11.1 Å². The number of halogens is 3. The Kier molecular flexibility index (Phi) is 4.87. The van der Waals surface area contributed by atoms with Gasteiger partial charge in [-0.2, -0.15) is 0 Å². The number of hydrogen-bond acceptors (Lipinski definition) is 2. The van der Waals surface area contributed by atoms with Gasteiger partial charge in [0.25, 0.3) is 5.92 Å². The first-order valence-electron chi connectivity index (χ1n) is 5.81. The van der Waals surface area contributed by atoms with Gasteiger partial charge >= 0.3 is 0 Å². The van der Waals surface area contributed by atoms with E-state index in [2.05, 4.69) is 5.32 Å². The number of benzene rings is 1. The molecular weight excluding hydrogens is 274 g/mol. The van der Waals surface area contributed by atoms with Crippen LogP contribution in [0.15, 0.2) is 24.3 Å². The Balaban J connectivity index is 2.80. The van der Waals surface area contributed by atoms with Crippen molar-refractivity contribution >= 4 is 17.5 Å². The zero-order valence-corrected chi connectivity index (χ0v) is 11.6. The predicted molar refractivity (Wildman–Crippen MR) is 71.5 cm³/mol. The summed E-state index contributed by atoms with van der Waals surface area (Å²) >= 11 is 5.86. The second-order valence-electron chi connectivity index (χ2n) is 4.88. The monoisotopic (exact) mass is 290 g/mol. The largest absolute Gasteiger partial charge is 0.349 e. The Bertz CT molecular complexity index is 464. The fraction of sp³-hybridized carbons (Fsp3) is 0.462. The maximum atomic E-state index is 13.0. The van der Waals surface area contributed by atoms with E-state index < -0.39 is 30.3 Å². The molecule has 1 rings (SSSR count). The van der Waals surface area contributed by atoms with Crippen LogP contribution in [-0.4, -0.2) is 24.9 Å². The van der Waals surface area contributed by atoms with Crippen LogP contribution in [0.5, 0.6) is 0 Å². The molecule has 0 bridgehead atoms. The summed E-state index contributed by atoms with van der Waals surface area (Å²) in [7, 11) is 0. The quantitative estimate of drug-likeness (QED) is 0.874. The fourth-order valence-corrected chi connectivity index (χ4v) is 1.70. The third kappa shape index (κ3) is 4.14. The first kappa shape index (κ1) is 15.9. The zero-order valence-electron chi connectivity index (χ0n) is 10.8. The second kappa shape index (κ2) is 5.84. The first-order chi connectivity index (χ1) is 8.69. The van der Waals surface area contributed by atoms with Gasteiger partial charge in [-0.1, -0.05) is 23.7 Å². The topological polar surface area (TPSA) is 55.1 Å². The molecule has 0 radical (unpaired) electrons. The van der Waals surface area contributed by atoms with E-state index in [1.54, 1.807) is 38.1 Å². The van der Waals surface area contributed by atoms with Crippen LogP contribution >= 0.6 is 11.6 Å². The molecule has 6 heteroatoms. The van der Waals surface area contributed by atoms with E-state index in [4.69, 9.17) is 17.3 Å². The number of amides is 1. The number of alkyl halides is 2. The van der Waals surface area contributed by atoms with Crippen molar-refractivity contribution in [2.24, 2.45) is 5.73 Å². The number of nitrogens with one attached hydrogen (secondary N) is 1. The van der Waals surface area contributed by atoms with E-state index >= 15 is 0 Å². The van der Waals surface area contributed by atoms with Crippen molar-refractivity contribution in [2.45, 2.75) is 25.2 Å². The third-order valence-electron chi connectivity index (χ3n) is 2.92. The van der Waals surface area contributed by atoms with Gasteiger partial charge in [0.2, 0.25) is 5.91 Å². The molecule has 0 spiro atoms. The van der Waals surface area contributed by atoms with Crippen LogP contribution in [0.3, 0.4) is 0 Å². The Hall–Kier alpha value is -1.20. The SMILES string of the molecule is CC(C)(C(=O)NCC(F)(F)CN)c1cccc(Cl)c1. The van der Waals surface area contributed by atoms with Gasteiger partial charge in [-0.3, -0.25) is 4.79 Å². The van der Waals surface area contributed by atoms with Crippen molar-refractivity contribution in [3.63, 3.8) is 0 Å². The molecule has 0 saturated heterocycles. The molecule has 0 heterocycles. The minimum atomic E-state index is -3.10. The average Bonchev–Trinajstić information content (AvgIpc) is 2.36. The Morgan fingerprint density at radius 3 is 2.58 bits per heavy atom. The normalized spacial score (nSPS) is 12.3. The van der Waals surface area contributed by atoms with Crippen LogP contribution in [0, 0.1) is 0 Å². The highest BCUT2D eigenvalue weighted by Gasteiger charge is 2.33. The molecule has 106 valence electrons. The van der Waals surface area contributed by atoms with Crippen molar-refractivity contribution in [1.29, 1.82) is 0 Å². The minimum Gasteiger partial charge on any atom is -0.349 e. The van der Waals surface area contributed by atoms with Crippen LogP contribution in [0.4, 0.5) is 8.78 Å². The molecular formula is C13H17ClF2N2O. The summed E-state index contributed by atoms with van der Waals surface area (Å²) in [4.78, 5) is 12.0. The van der Waals surface area contributed by atoms with Crippen LogP contribution in [-0.2, 0) is 10.2 Å².